The van der Waals surface area contributed by atoms with Crippen LogP contribution in [0.3, 0.4) is 0 Å². The predicted octanol–water partition coefficient (Wildman–Crippen LogP) is 6.74. The minimum Gasteiger partial charge on any atom is -0.504 e. The fourth-order valence-corrected chi connectivity index (χ4v) is 3.49. The lowest BCUT2D eigenvalue weighted by Crippen LogP contribution is -1.83. The van der Waals surface area contributed by atoms with E-state index in [1.165, 1.54) is 6.07 Å². The second kappa shape index (κ2) is 7.69. The Morgan fingerprint density at radius 2 is 1.54 bits per heavy atom. The molecule has 5 nitrogen and oxygen atoms in total. The molecule has 0 saturated heterocycles. The molecule has 0 radical (unpaired) electrons. The number of oxazole rings is 1. The molecule has 0 aliphatic rings. The van der Waals surface area contributed by atoms with Crippen molar-refractivity contribution in [3.05, 3.63) is 75.8 Å². The lowest BCUT2D eigenvalue weighted by atomic mass is 10.2. The summed E-state index contributed by atoms with van der Waals surface area (Å²) in [4.78, 5) is 4.28. The van der Waals surface area contributed by atoms with E-state index in [4.69, 9.17) is 9.15 Å². The normalized spacial score (nSPS) is 10.8. The van der Waals surface area contributed by atoms with Gasteiger partial charge in [-0.1, -0.05) is 18.2 Å². The van der Waals surface area contributed by atoms with Gasteiger partial charge in [-0.05, 0) is 74.3 Å². The highest BCUT2D eigenvalue weighted by molar-refractivity contribution is 9.13. The Labute approximate surface area is 177 Å². The van der Waals surface area contributed by atoms with Crippen molar-refractivity contribution in [2.24, 2.45) is 0 Å². The number of benzene rings is 3. The summed E-state index contributed by atoms with van der Waals surface area (Å²) in [5.41, 5.74) is 1.34. The van der Waals surface area contributed by atoms with Crippen LogP contribution in [0.2, 0.25) is 0 Å². The maximum absolute atomic E-state index is 9.86. The van der Waals surface area contributed by atoms with Crippen molar-refractivity contribution in [3.63, 3.8) is 0 Å². The van der Waals surface area contributed by atoms with E-state index in [0.717, 1.165) is 11.3 Å². The van der Waals surface area contributed by atoms with E-state index in [1.54, 1.807) is 6.20 Å². The molecule has 0 atom stereocenters. The molecular weight excluding hydrogens is 490 g/mol. The van der Waals surface area contributed by atoms with Gasteiger partial charge < -0.3 is 19.4 Å². The minimum absolute atomic E-state index is 0.253. The largest absolute Gasteiger partial charge is 0.504 e. The summed E-state index contributed by atoms with van der Waals surface area (Å²) < 4.78 is 12.5. The summed E-state index contributed by atoms with van der Waals surface area (Å²) in [6.07, 6.45) is 1.60. The number of rotatable bonds is 4. The number of phenolic OH excluding ortho intramolecular Hbond substituents is 2. The van der Waals surface area contributed by atoms with Gasteiger partial charge in [0.25, 0.3) is 0 Å². The quantitative estimate of drug-likeness (QED) is 0.302. The van der Waals surface area contributed by atoms with Crippen LogP contribution in [0.15, 0.2) is 80.2 Å². The van der Waals surface area contributed by atoms with Crippen LogP contribution < -0.4 is 4.74 Å². The van der Waals surface area contributed by atoms with Gasteiger partial charge in [0.2, 0.25) is 5.89 Å². The Balaban J connectivity index is 1.60. The van der Waals surface area contributed by atoms with E-state index < -0.39 is 0 Å². The molecule has 0 aliphatic heterocycles. The number of nitrogens with zero attached hydrogens (tertiary/aromatic N) is 1. The molecule has 140 valence electrons. The zero-order valence-corrected chi connectivity index (χ0v) is 17.4. The van der Waals surface area contributed by atoms with Gasteiger partial charge in [-0.25, -0.2) is 4.98 Å². The first-order valence-corrected chi connectivity index (χ1v) is 9.81. The zero-order chi connectivity index (χ0) is 19.7. The average Bonchev–Trinajstić information content (AvgIpc) is 3.20. The molecule has 0 fully saturated rings. The summed E-state index contributed by atoms with van der Waals surface area (Å²) in [5.74, 6) is 1.83. The lowest BCUT2D eigenvalue weighted by molar-refractivity contribution is 0.401. The first-order valence-electron chi connectivity index (χ1n) is 8.22. The fourth-order valence-electron chi connectivity index (χ4n) is 2.60. The van der Waals surface area contributed by atoms with Crippen LogP contribution in [0.5, 0.6) is 23.0 Å². The highest BCUT2D eigenvalue weighted by atomic mass is 79.9. The van der Waals surface area contributed by atoms with Crippen LogP contribution in [-0.2, 0) is 0 Å². The smallest absolute Gasteiger partial charge is 0.228 e. The summed E-state index contributed by atoms with van der Waals surface area (Å²) in [5, 5.41) is 19.6. The molecule has 2 N–H and O–H groups in total. The minimum atomic E-state index is -0.271. The maximum atomic E-state index is 9.86. The van der Waals surface area contributed by atoms with Gasteiger partial charge in [-0.3, -0.25) is 0 Å². The Morgan fingerprint density at radius 1 is 0.857 bits per heavy atom. The van der Waals surface area contributed by atoms with E-state index in [-0.39, 0.29) is 11.5 Å². The third-order valence-corrected chi connectivity index (χ3v) is 6.14. The van der Waals surface area contributed by atoms with Crippen LogP contribution in [0, 0.1) is 0 Å². The third kappa shape index (κ3) is 3.63. The summed E-state index contributed by atoms with van der Waals surface area (Å²) in [6, 6.07) is 18.4. The summed E-state index contributed by atoms with van der Waals surface area (Å²) >= 11 is 6.60. The Hall–Kier alpha value is -2.77. The van der Waals surface area contributed by atoms with Crippen molar-refractivity contribution in [3.8, 4) is 45.8 Å². The molecule has 4 aromatic rings. The van der Waals surface area contributed by atoms with Crippen LogP contribution >= 0.6 is 31.9 Å². The van der Waals surface area contributed by atoms with Crippen LogP contribution in [-0.4, -0.2) is 15.2 Å². The van der Waals surface area contributed by atoms with Crippen molar-refractivity contribution in [2.75, 3.05) is 0 Å². The summed E-state index contributed by atoms with van der Waals surface area (Å²) in [6.45, 7) is 0. The van der Waals surface area contributed by atoms with E-state index >= 15 is 0 Å². The van der Waals surface area contributed by atoms with Gasteiger partial charge in [-0.2, -0.15) is 0 Å². The lowest BCUT2D eigenvalue weighted by Gasteiger charge is -2.07. The molecule has 0 saturated carbocycles. The fraction of sp³-hybridized carbons (Fsp3) is 0. The highest BCUT2D eigenvalue weighted by Gasteiger charge is 2.19. The number of hydrogen-bond donors (Lipinski definition) is 2. The molecule has 0 bridgehead atoms. The standard InChI is InChI=1S/C21H13Br2NO4/c22-18-15(10-16(25)20(26)19(18)23)21-24-11-17(28-21)12-6-8-14(9-7-12)27-13-4-2-1-3-5-13/h1-11,25-26H. The molecule has 1 aromatic heterocycles. The number of phenols is 2. The first-order chi connectivity index (χ1) is 13.5. The number of ether oxygens (including phenoxy) is 1. The molecule has 28 heavy (non-hydrogen) atoms. The van der Waals surface area contributed by atoms with Gasteiger partial charge in [0.15, 0.2) is 17.3 Å². The Morgan fingerprint density at radius 3 is 2.25 bits per heavy atom. The Kier molecular flexibility index (Phi) is 5.11. The Bertz CT molecular complexity index is 1130. The van der Waals surface area contributed by atoms with Gasteiger partial charge in [0.1, 0.15) is 11.5 Å². The molecular formula is C21H13Br2NO4. The number of hydrogen-bond acceptors (Lipinski definition) is 5. The van der Waals surface area contributed by atoms with E-state index in [2.05, 4.69) is 36.8 Å². The SMILES string of the molecule is Oc1cc(-c2ncc(-c3ccc(Oc4ccccc4)cc3)o2)c(Br)c(Br)c1O. The molecule has 1 heterocycles. The molecule has 0 aliphatic carbocycles. The van der Waals surface area contributed by atoms with Crippen molar-refractivity contribution in [1.82, 2.24) is 4.98 Å². The molecule has 7 heteroatoms. The van der Waals surface area contributed by atoms with Crippen LogP contribution in [0.25, 0.3) is 22.8 Å². The van der Waals surface area contributed by atoms with E-state index in [1.807, 2.05) is 54.6 Å². The van der Waals surface area contributed by atoms with Crippen molar-refractivity contribution >= 4 is 31.9 Å². The van der Waals surface area contributed by atoms with Gasteiger partial charge in [-0.15, -0.1) is 0 Å². The van der Waals surface area contributed by atoms with Crippen molar-refractivity contribution in [1.29, 1.82) is 0 Å². The van der Waals surface area contributed by atoms with Gasteiger partial charge in [0.05, 0.1) is 16.2 Å². The topological polar surface area (TPSA) is 75.7 Å². The van der Waals surface area contributed by atoms with E-state index in [0.29, 0.717) is 31.9 Å². The molecule has 0 unspecified atom stereocenters. The van der Waals surface area contributed by atoms with Crippen LogP contribution in [0.1, 0.15) is 0 Å². The molecule has 0 amide bonds. The summed E-state index contributed by atoms with van der Waals surface area (Å²) in [7, 11) is 0. The predicted molar refractivity (Wildman–Crippen MR) is 113 cm³/mol. The molecule has 4 rings (SSSR count). The number of aromatic hydroxyl groups is 2. The number of aromatic nitrogens is 1. The molecule has 3 aromatic carbocycles. The highest BCUT2D eigenvalue weighted by Crippen LogP contribution is 2.45. The second-order valence-corrected chi connectivity index (χ2v) is 7.47. The number of para-hydroxylation sites is 1. The second-order valence-electron chi connectivity index (χ2n) is 5.89. The zero-order valence-electron chi connectivity index (χ0n) is 14.3. The first kappa shape index (κ1) is 18.6. The van der Waals surface area contributed by atoms with Crippen molar-refractivity contribution in [2.45, 2.75) is 0 Å². The number of halogens is 2. The monoisotopic (exact) mass is 501 g/mol. The van der Waals surface area contributed by atoms with E-state index in [9.17, 15) is 10.2 Å². The third-order valence-electron chi connectivity index (χ3n) is 4.01. The van der Waals surface area contributed by atoms with Crippen LogP contribution in [0.4, 0.5) is 0 Å². The van der Waals surface area contributed by atoms with Crippen molar-refractivity contribution < 1.29 is 19.4 Å². The van der Waals surface area contributed by atoms with Gasteiger partial charge >= 0.3 is 0 Å². The van der Waals surface area contributed by atoms with Gasteiger partial charge in [0, 0.05) is 10.0 Å². The maximum Gasteiger partial charge on any atom is 0.228 e. The molecule has 0 spiro atoms. The average molecular weight is 503 g/mol.